The van der Waals surface area contributed by atoms with Gasteiger partial charge in [-0.1, -0.05) is 103 Å². The molecule has 0 spiro atoms. The Morgan fingerprint density at radius 2 is 1.28 bits per heavy atom. The summed E-state index contributed by atoms with van der Waals surface area (Å²) in [5, 5.41) is 0. The molecule has 0 fully saturated rings. The minimum atomic E-state index is -0.340. The predicted molar refractivity (Wildman–Crippen MR) is 138 cm³/mol. The molecule has 1 rings (SSSR count). The monoisotopic (exact) mass is 464 g/mol. The molecule has 182 valence electrons. The van der Waals surface area contributed by atoms with E-state index >= 15 is 0 Å². The molecule has 0 atom stereocenters. The molecule has 0 aliphatic heterocycles. The zero-order valence-corrected chi connectivity index (χ0v) is 21.1. The predicted octanol–water partition coefficient (Wildman–Crippen LogP) is 8.73. The van der Waals surface area contributed by atoms with Crippen molar-refractivity contribution < 1.29 is 14.3 Å². The van der Waals surface area contributed by atoms with E-state index < -0.39 is 0 Å². The number of ether oxygens (including phenoxy) is 2. The molecule has 0 amide bonds. The van der Waals surface area contributed by atoms with Gasteiger partial charge in [0.1, 0.15) is 5.75 Å². The quantitative estimate of drug-likeness (QED) is 0.0789. The Morgan fingerprint density at radius 1 is 0.750 bits per heavy atom. The van der Waals surface area contributed by atoms with Crippen LogP contribution < -0.4 is 4.74 Å². The van der Waals surface area contributed by atoms with E-state index in [9.17, 15) is 4.79 Å². The number of unbranched alkanes of at least 4 members (excludes halogenated alkanes) is 13. The molecule has 0 saturated heterocycles. The highest BCUT2D eigenvalue weighted by atomic mass is 35.5. The fraction of sp³-hybridized carbons (Fsp3) is 0.679. The smallest absolute Gasteiger partial charge is 0.330 e. The van der Waals surface area contributed by atoms with Crippen molar-refractivity contribution in [3.8, 4) is 5.75 Å². The molecule has 0 unspecified atom stereocenters. The van der Waals surface area contributed by atoms with E-state index in [0.29, 0.717) is 18.9 Å². The van der Waals surface area contributed by atoms with Crippen LogP contribution in [-0.2, 0) is 9.53 Å². The lowest BCUT2D eigenvalue weighted by Gasteiger charge is -2.07. The van der Waals surface area contributed by atoms with Crippen molar-refractivity contribution in [1.29, 1.82) is 0 Å². The fourth-order valence-corrected chi connectivity index (χ4v) is 3.71. The number of esters is 1. The van der Waals surface area contributed by atoms with Crippen LogP contribution in [-0.4, -0.2) is 25.1 Å². The van der Waals surface area contributed by atoms with Gasteiger partial charge in [0.2, 0.25) is 0 Å². The van der Waals surface area contributed by atoms with Gasteiger partial charge in [-0.15, -0.1) is 11.6 Å². The van der Waals surface area contributed by atoms with E-state index in [2.05, 4.69) is 6.92 Å². The number of alkyl halides is 1. The van der Waals surface area contributed by atoms with Crippen LogP contribution in [0.1, 0.15) is 109 Å². The van der Waals surface area contributed by atoms with Crippen LogP contribution in [0.5, 0.6) is 5.75 Å². The van der Waals surface area contributed by atoms with Gasteiger partial charge in [-0.3, -0.25) is 0 Å². The molecule has 3 nitrogen and oxygen atoms in total. The van der Waals surface area contributed by atoms with E-state index in [4.69, 9.17) is 21.1 Å². The van der Waals surface area contributed by atoms with E-state index in [1.165, 1.54) is 89.5 Å². The zero-order chi connectivity index (χ0) is 23.1. The number of benzene rings is 1. The molecule has 0 aliphatic rings. The Hall–Kier alpha value is -1.48. The van der Waals surface area contributed by atoms with Crippen molar-refractivity contribution in [3.05, 3.63) is 35.9 Å². The van der Waals surface area contributed by atoms with Gasteiger partial charge in [0.05, 0.1) is 13.2 Å². The second-order valence-corrected chi connectivity index (χ2v) is 8.94. The van der Waals surface area contributed by atoms with Gasteiger partial charge in [-0.25, -0.2) is 4.79 Å². The van der Waals surface area contributed by atoms with Crippen molar-refractivity contribution in [2.24, 2.45) is 0 Å². The van der Waals surface area contributed by atoms with Crippen LogP contribution >= 0.6 is 11.6 Å². The second-order valence-electron chi connectivity index (χ2n) is 8.56. The number of hydrogen-bond acceptors (Lipinski definition) is 3. The Bertz CT molecular complexity index is 583. The summed E-state index contributed by atoms with van der Waals surface area (Å²) in [6.07, 6.45) is 23.0. The van der Waals surface area contributed by atoms with Crippen LogP contribution in [0.4, 0.5) is 0 Å². The van der Waals surface area contributed by atoms with Crippen LogP contribution in [0.25, 0.3) is 6.08 Å². The van der Waals surface area contributed by atoms with E-state index in [0.717, 1.165) is 24.3 Å². The van der Waals surface area contributed by atoms with E-state index in [1.807, 2.05) is 24.3 Å². The van der Waals surface area contributed by atoms with Crippen molar-refractivity contribution >= 4 is 23.6 Å². The Labute approximate surface area is 201 Å². The number of carbonyl (C=O) groups excluding carboxylic acids is 1. The van der Waals surface area contributed by atoms with Crippen LogP contribution in [0.15, 0.2) is 30.3 Å². The zero-order valence-electron chi connectivity index (χ0n) is 20.3. The lowest BCUT2D eigenvalue weighted by Crippen LogP contribution is -2.02. The number of rotatable bonds is 21. The molecule has 0 heterocycles. The molecule has 4 heteroatoms. The summed E-state index contributed by atoms with van der Waals surface area (Å²) in [7, 11) is 0. The Morgan fingerprint density at radius 3 is 1.81 bits per heavy atom. The summed E-state index contributed by atoms with van der Waals surface area (Å²) < 4.78 is 10.9. The highest BCUT2D eigenvalue weighted by Crippen LogP contribution is 2.15. The lowest BCUT2D eigenvalue weighted by atomic mass is 10.0. The maximum Gasteiger partial charge on any atom is 0.330 e. The van der Waals surface area contributed by atoms with E-state index in [-0.39, 0.29) is 5.97 Å². The second kappa shape index (κ2) is 21.4. The number of halogens is 1. The third-order valence-electron chi connectivity index (χ3n) is 5.58. The maximum atomic E-state index is 11.5. The van der Waals surface area contributed by atoms with E-state index in [1.54, 1.807) is 6.08 Å². The standard InChI is InChI=1S/C28H45ClO3/c1-2-3-4-5-6-7-8-9-10-11-12-13-14-15-24-31-27-20-17-26(18-21-27)19-22-28(30)32-25-16-23-29/h17-22H,2-16,23-25H2,1H3/b22-19+. The summed E-state index contributed by atoms with van der Waals surface area (Å²) in [5.41, 5.74) is 0.947. The number of carbonyl (C=O) groups is 1. The SMILES string of the molecule is CCCCCCCCCCCCCCCCOc1ccc(/C=C/C(=O)OCCCCl)cc1. The molecular weight excluding hydrogens is 420 g/mol. The Balaban J connectivity index is 1.95. The molecule has 32 heavy (non-hydrogen) atoms. The normalized spacial score (nSPS) is 11.2. The average Bonchev–Trinajstić information content (AvgIpc) is 2.81. The maximum absolute atomic E-state index is 11.5. The first-order valence-electron chi connectivity index (χ1n) is 12.9. The van der Waals surface area contributed by atoms with Crippen molar-refractivity contribution in [2.75, 3.05) is 19.1 Å². The van der Waals surface area contributed by atoms with Gasteiger partial charge in [0, 0.05) is 12.0 Å². The summed E-state index contributed by atoms with van der Waals surface area (Å²) in [6.45, 7) is 3.40. The van der Waals surface area contributed by atoms with Gasteiger partial charge in [-0.05, 0) is 36.6 Å². The molecule has 0 radical (unpaired) electrons. The van der Waals surface area contributed by atoms with Gasteiger partial charge in [0.25, 0.3) is 0 Å². The van der Waals surface area contributed by atoms with Crippen molar-refractivity contribution in [2.45, 2.75) is 103 Å². The summed E-state index contributed by atoms with van der Waals surface area (Å²) in [6, 6.07) is 7.79. The van der Waals surface area contributed by atoms with Crippen LogP contribution in [0.2, 0.25) is 0 Å². The first kappa shape index (κ1) is 28.6. The molecular formula is C28H45ClO3. The molecule has 1 aromatic carbocycles. The molecule has 0 bridgehead atoms. The topological polar surface area (TPSA) is 35.5 Å². The lowest BCUT2D eigenvalue weighted by molar-refractivity contribution is -0.137. The largest absolute Gasteiger partial charge is 0.494 e. The van der Waals surface area contributed by atoms with Gasteiger partial charge in [0.15, 0.2) is 0 Å². The minimum absolute atomic E-state index is 0.340. The number of hydrogen-bond donors (Lipinski definition) is 0. The first-order chi connectivity index (χ1) is 15.8. The van der Waals surface area contributed by atoms with Gasteiger partial charge < -0.3 is 9.47 Å². The molecule has 0 saturated carbocycles. The van der Waals surface area contributed by atoms with Crippen LogP contribution in [0.3, 0.4) is 0 Å². The summed E-state index contributed by atoms with van der Waals surface area (Å²) >= 11 is 5.56. The minimum Gasteiger partial charge on any atom is -0.494 e. The third kappa shape index (κ3) is 17.1. The first-order valence-corrected chi connectivity index (χ1v) is 13.4. The van der Waals surface area contributed by atoms with Gasteiger partial charge in [-0.2, -0.15) is 0 Å². The van der Waals surface area contributed by atoms with Crippen molar-refractivity contribution in [1.82, 2.24) is 0 Å². The Kier molecular flexibility index (Phi) is 19.1. The highest BCUT2D eigenvalue weighted by Gasteiger charge is 1.98. The highest BCUT2D eigenvalue weighted by molar-refractivity contribution is 6.17. The molecule has 1 aromatic rings. The van der Waals surface area contributed by atoms with Gasteiger partial charge >= 0.3 is 5.97 Å². The molecule has 0 aliphatic carbocycles. The molecule has 0 aromatic heterocycles. The fourth-order valence-electron chi connectivity index (χ4n) is 3.60. The summed E-state index contributed by atoms with van der Waals surface area (Å²) in [4.78, 5) is 11.5. The van der Waals surface area contributed by atoms with Crippen LogP contribution in [0, 0.1) is 0 Å². The third-order valence-corrected chi connectivity index (χ3v) is 5.85. The molecule has 0 N–H and O–H groups in total. The summed E-state index contributed by atoms with van der Waals surface area (Å²) in [5.74, 6) is 1.03. The average molecular weight is 465 g/mol. The van der Waals surface area contributed by atoms with Crippen molar-refractivity contribution in [3.63, 3.8) is 0 Å².